The maximum atomic E-state index is 13.0. The van der Waals surface area contributed by atoms with Crippen molar-refractivity contribution >= 4 is 11.0 Å². The largest absolute Gasteiger partial charge is 0.299 e. The first-order valence-electron chi connectivity index (χ1n) is 8.47. The summed E-state index contributed by atoms with van der Waals surface area (Å²) in [4.78, 5) is 8.33. The van der Waals surface area contributed by atoms with Crippen molar-refractivity contribution in [2.75, 3.05) is 0 Å². The molecule has 0 bridgehead atoms. The molecule has 0 aliphatic heterocycles. The van der Waals surface area contributed by atoms with Crippen molar-refractivity contribution < 1.29 is 4.39 Å². The Balaban J connectivity index is 1.58. The minimum absolute atomic E-state index is 0.466. The molecule has 0 amide bonds. The fourth-order valence-corrected chi connectivity index (χ4v) is 3.29. The van der Waals surface area contributed by atoms with Gasteiger partial charge in [0.15, 0.2) is 0 Å². The standard InChI is InChI=1S/C21H16FN3/c22-21-9-7-17(12-23-21)15-2-1-3-18(10-15)25-13-24-19-11-16(14-4-5-14)6-8-20(19)25/h1-3,6-14H,4-5H2. The number of imidazole rings is 1. The first-order valence-corrected chi connectivity index (χ1v) is 8.47. The molecule has 0 radical (unpaired) electrons. The SMILES string of the molecule is Fc1ccc(-c2cccc(-n3cnc4cc(C5CC5)ccc43)c2)cn1. The Labute approximate surface area is 144 Å². The molecule has 1 fully saturated rings. The predicted molar refractivity (Wildman–Crippen MR) is 96.2 cm³/mol. The van der Waals surface area contributed by atoms with Crippen LogP contribution in [0.5, 0.6) is 0 Å². The van der Waals surface area contributed by atoms with E-state index in [1.54, 1.807) is 12.3 Å². The molecule has 1 aliphatic carbocycles. The highest BCUT2D eigenvalue weighted by atomic mass is 19.1. The van der Waals surface area contributed by atoms with Gasteiger partial charge in [0.1, 0.15) is 6.33 Å². The summed E-state index contributed by atoms with van der Waals surface area (Å²) < 4.78 is 15.1. The molecule has 4 heteroatoms. The summed E-state index contributed by atoms with van der Waals surface area (Å²) >= 11 is 0. The Morgan fingerprint density at radius 3 is 2.64 bits per heavy atom. The highest BCUT2D eigenvalue weighted by molar-refractivity contribution is 5.79. The second-order valence-corrected chi connectivity index (χ2v) is 6.56. The molecule has 5 rings (SSSR count). The third-order valence-corrected chi connectivity index (χ3v) is 4.81. The molecule has 0 saturated heterocycles. The van der Waals surface area contributed by atoms with Crippen LogP contribution in [-0.4, -0.2) is 14.5 Å². The zero-order valence-electron chi connectivity index (χ0n) is 13.6. The molecule has 0 N–H and O–H groups in total. The summed E-state index contributed by atoms with van der Waals surface area (Å²) in [6.45, 7) is 0. The molecular formula is C21H16FN3. The van der Waals surface area contributed by atoms with Crippen molar-refractivity contribution in [3.63, 3.8) is 0 Å². The van der Waals surface area contributed by atoms with Crippen LogP contribution >= 0.6 is 0 Å². The molecule has 1 aliphatic rings. The number of rotatable bonds is 3. The molecule has 0 atom stereocenters. The van der Waals surface area contributed by atoms with Gasteiger partial charge in [0.2, 0.25) is 5.95 Å². The van der Waals surface area contributed by atoms with Crippen LogP contribution in [0.2, 0.25) is 0 Å². The van der Waals surface area contributed by atoms with Gasteiger partial charge in [-0.1, -0.05) is 18.2 Å². The van der Waals surface area contributed by atoms with Crippen LogP contribution in [0.3, 0.4) is 0 Å². The number of fused-ring (bicyclic) bond motifs is 1. The summed E-state index contributed by atoms with van der Waals surface area (Å²) in [6.07, 6.45) is 6.01. The number of pyridine rings is 1. The predicted octanol–water partition coefficient (Wildman–Crippen LogP) is 5.10. The van der Waals surface area contributed by atoms with Crippen molar-refractivity contribution in [2.45, 2.75) is 18.8 Å². The number of nitrogens with zero attached hydrogens (tertiary/aromatic N) is 3. The van der Waals surface area contributed by atoms with Gasteiger partial charge < -0.3 is 0 Å². The van der Waals surface area contributed by atoms with Gasteiger partial charge in [0, 0.05) is 17.4 Å². The van der Waals surface area contributed by atoms with Gasteiger partial charge in [-0.05, 0) is 66.3 Å². The van der Waals surface area contributed by atoms with E-state index in [1.165, 1.54) is 24.5 Å². The number of halogens is 1. The van der Waals surface area contributed by atoms with E-state index in [0.29, 0.717) is 0 Å². The fraction of sp³-hybridized carbons (Fsp3) is 0.143. The Bertz CT molecular complexity index is 1060. The first kappa shape index (κ1) is 14.3. The normalized spacial score (nSPS) is 14.1. The summed E-state index contributed by atoms with van der Waals surface area (Å²) in [5.74, 6) is 0.260. The monoisotopic (exact) mass is 329 g/mol. The third-order valence-electron chi connectivity index (χ3n) is 4.81. The number of aromatic nitrogens is 3. The van der Waals surface area contributed by atoms with Gasteiger partial charge in [-0.25, -0.2) is 9.97 Å². The molecule has 0 spiro atoms. The van der Waals surface area contributed by atoms with Gasteiger partial charge in [0.05, 0.1) is 11.0 Å². The van der Waals surface area contributed by atoms with Crippen LogP contribution in [0.4, 0.5) is 4.39 Å². The highest BCUT2D eigenvalue weighted by Gasteiger charge is 2.23. The van der Waals surface area contributed by atoms with Crippen LogP contribution in [0.1, 0.15) is 24.3 Å². The average Bonchev–Trinajstić information content (AvgIpc) is 3.41. The molecule has 0 unspecified atom stereocenters. The van der Waals surface area contributed by atoms with E-state index in [0.717, 1.165) is 33.8 Å². The van der Waals surface area contributed by atoms with E-state index >= 15 is 0 Å². The van der Waals surface area contributed by atoms with Crippen LogP contribution in [0, 0.1) is 5.95 Å². The molecule has 1 saturated carbocycles. The van der Waals surface area contributed by atoms with Gasteiger partial charge in [-0.15, -0.1) is 0 Å². The van der Waals surface area contributed by atoms with Gasteiger partial charge in [-0.2, -0.15) is 4.39 Å². The first-order chi connectivity index (χ1) is 12.3. The Kier molecular flexibility index (Phi) is 3.17. The maximum absolute atomic E-state index is 13.0. The number of benzene rings is 2. The van der Waals surface area contributed by atoms with E-state index in [2.05, 4.69) is 44.9 Å². The Morgan fingerprint density at radius 2 is 1.84 bits per heavy atom. The van der Waals surface area contributed by atoms with Crippen molar-refractivity contribution in [3.8, 4) is 16.8 Å². The van der Waals surface area contributed by atoms with E-state index in [9.17, 15) is 4.39 Å². The summed E-state index contributed by atoms with van der Waals surface area (Å²) in [5.41, 5.74) is 6.44. The van der Waals surface area contributed by atoms with Crippen LogP contribution < -0.4 is 0 Å². The molecule has 2 aromatic heterocycles. The van der Waals surface area contributed by atoms with E-state index in [4.69, 9.17) is 0 Å². The topological polar surface area (TPSA) is 30.7 Å². The van der Waals surface area contributed by atoms with Crippen LogP contribution in [-0.2, 0) is 0 Å². The minimum atomic E-state index is -0.466. The third kappa shape index (κ3) is 2.60. The zero-order chi connectivity index (χ0) is 16.8. The lowest BCUT2D eigenvalue weighted by atomic mass is 10.1. The zero-order valence-corrected chi connectivity index (χ0v) is 13.6. The summed E-state index contributed by atoms with van der Waals surface area (Å²) in [7, 11) is 0. The quantitative estimate of drug-likeness (QED) is 0.489. The van der Waals surface area contributed by atoms with Crippen LogP contribution in [0.15, 0.2) is 67.1 Å². The van der Waals surface area contributed by atoms with Gasteiger partial charge in [-0.3, -0.25) is 4.57 Å². The average molecular weight is 329 g/mol. The van der Waals surface area contributed by atoms with Crippen molar-refractivity contribution in [2.24, 2.45) is 0 Å². The Hall–Kier alpha value is -3.01. The number of hydrogen-bond acceptors (Lipinski definition) is 2. The van der Waals surface area contributed by atoms with E-state index in [-0.39, 0.29) is 0 Å². The van der Waals surface area contributed by atoms with Gasteiger partial charge in [0.25, 0.3) is 0 Å². The van der Waals surface area contributed by atoms with Gasteiger partial charge >= 0.3 is 0 Å². The maximum Gasteiger partial charge on any atom is 0.212 e. The fourth-order valence-electron chi connectivity index (χ4n) is 3.29. The molecule has 3 nitrogen and oxygen atoms in total. The smallest absolute Gasteiger partial charge is 0.212 e. The molecule has 4 aromatic rings. The van der Waals surface area contributed by atoms with E-state index in [1.807, 2.05) is 18.5 Å². The van der Waals surface area contributed by atoms with Crippen molar-refractivity contribution in [1.29, 1.82) is 0 Å². The van der Waals surface area contributed by atoms with E-state index < -0.39 is 5.95 Å². The lowest BCUT2D eigenvalue weighted by molar-refractivity contribution is 0.584. The summed E-state index contributed by atoms with van der Waals surface area (Å²) in [6, 6.07) is 17.8. The highest BCUT2D eigenvalue weighted by Crippen LogP contribution is 2.40. The molecule has 2 aromatic carbocycles. The van der Waals surface area contributed by atoms with Crippen LogP contribution in [0.25, 0.3) is 27.8 Å². The number of hydrogen-bond donors (Lipinski definition) is 0. The molecule has 122 valence electrons. The second-order valence-electron chi connectivity index (χ2n) is 6.56. The minimum Gasteiger partial charge on any atom is -0.299 e. The molecular weight excluding hydrogens is 313 g/mol. The second kappa shape index (κ2) is 5.52. The Morgan fingerprint density at radius 1 is 0.920 bits per heavy atom. The van der Waals surface area contributed by atoms with Crippen molar-refractivity contribution in [1.82, 2.24) is 14.5 Å². The lowest BCUT2D eigenvalue weighted by Crippen LogP contribution is -1.93. The summed E-state index contributed by atoms with van der Waals surface area (Å²) in [5, 5.41) is 0. The molecule has 2 heterocycles. The molecule has 25 heavy (non-hydrogen) atoms. The van der Waals surface area contributed by atoms with Crippen molar-refractivity contribution in [3.05, 3.63) is 78.6 Å². The lowest BCUT2D eigenvalue weighted by Gasteiger charge is -2.08.